The molecule has 0 radical (unpaired) electrons. The largest absolute Gasteiger partial charge is 0.325 e. The second-order valence-electron chi connectivity index (χ2n) is 5.42. The molecule has 0 fully saturated rings. The van der Waals surface area contributed by atoms with E-state index < -0.39 is 17.2 Å². The van der Waals surface area contributed by atoms with E-state index in [2.05, 4.69) is 21.4 Å². The van der Waals surface area contributed by atoms with Gasteiger partial charge in [-0.2, -0.15) is 5.26 Å². The highest BCUT2D eigenvalue weighted by molar-refractivity contribution is 8.00. The number of nitriles is 1. The normalized spacial score (nSPS) is 10.5. The van der Waals surface area contributed by atoms with Crippen molar-refractivity contribution in [1.29, 1.82) is 5.26 Å². The molecule has 3 aromatic rings. The third-order valence-electron chi connectivity index (χ3n) is 3.57. The molecule has 9 heteroatoms. The molecule has 0 aliphatic heterocycles. The number of thioether (sulfide) groups is 1. The van der Waals surface area contributed by atoms with Gasteiger partial charge in [0.05, 0.1) is 16.8 Å². The standard InChI is InChI=1S/C17H13N5O3S/c1-9-3-2-4-10-5-11(6-18)16(21-14(9)10)26-8-13(23)20-12-7-19-17(25)22-15(12)24/h2-5,7H,8H2,1H3,(H,20,23)(H2,19,22,24,25). The summed E-state index contributed by atoms with van der Waals surface area (Å²) in [6, 6.07) is 9.51. The van der Waals surface area contributed by atoms with Gasteiger partial charge in [0.2, 0.25) is 5.91 Å². The topological polar surface area (TPSA) is 132 Å². The minimum Gasteiger partial charge on any atom is -0.320 e. The van der Waals surface area contributed by atoms with Crippen molar-refractivity contribution in [3.63, 3.8) is 0 Å². The van der Waals surface area contributed by atoms with E-state index >= 15 is 0 Å². The van der Waals surface area contributed by atoms with Gasteiger partial charge in [-0.25, -0.2) is 9.78 Å². The number of fused-ring (bicyclic) bond motifs is 1. The van der Waals surface area contributed by atoms with Crippen LogP contribution in [0.4, 0.5) is 5.69 Å². The van der Waals surface area contributed by atoms with E-state index in [-0.39, 0.29) is 11.4 Å². The fourth-order valence-electron chi connectivity index (χ4n) is 2.34. The second-order valence-corrected chi connectivity index (χ2v) is 6.39. The highest BCUT2D eigenvalue weighted by Gasteiger charge is 2.12. The zero-order valence-corrected chi connectivity index (χ0v) is 14.4. The minimum atomic E-state index is -0.690. The summed E-state index contributed by atoms with van der Waals surface area (Å²) in [4.78, 5) is 43.4. The fraction of sp³-hybridized carbons (Fsp3) is 0.118. The lowest BCUT2D eigenvalue weighted by Crippen LogP contribution is -2.27. The lowest BCUT2D eigenvalue weighted by atomic mass is 10.1. The number of aromatic amines is 2. The minimum absolute atomic E-state index is 0.0440. The summed E-state index contributed by atoms with van der Waals surface area (Å²) < 4.78 is 0. The van der Waals surface area contributed by atoms with Gasteiger partial charge in [-0.15, -0.1) is 0 Å². The van der Waals surface area contributed by atoms with Crippen molar-refractivity contribution < 1.29 is 4.79 Å². The molecule has 3 rings (SSSR count). The number of benzene rings is 1. The molecule has 0 aliphatic rings. The van der Waals surface area contributed by atoms with Crippen LogP contribution in [0.15, 0.2) is 45.1 Å². The van der Waals surface area contributed by atoms with Crippen molar-refractivity contribution in [2.75, 3.05) is 11.1 Å². The Kier molecular flexibility index (Phi) is 4.86. The zero-order chi connectivity index (χ0) is 18.7. The Morgan fingerprint density at radius 1 is 1.38 bits per heavy atom. The molecule has 1 aromatic carbocycles. The predicted octanol–water partition coefficient (Wildman–Crippen LogP) is 1.52. The van der Waals surface area contributed by atoms with Crippen molar-refractivity contribution in [2.45, 2.75) is 11.9 Å². The number of hydrogen-bond donors (Lipinski definition) is 3. The summed E-state index contributed by atoms with van der Waals surface area (Å²) in [6.07, 6.45) is 1.13. The molecule has 0 atom stereocenters. The first-order valence-electron chi connectivity index (χ1n) is 7.53. The van der Waals surface area contributed by atoms with Crippen molar-refractivity contribution in [2.24, 2.45) is 0 Å². The van der Waals surface area contributed by atoms with E-state index in [0.29, 0.717) is 10.6 Å². The van der Waals surface area contributed by atoms with E-state index in [4.69, 9.17) is 0 Å². The number of carbonyl (C=O) groups is 1. The average Bonchev–Trinajstić information content (AvgIpc) is 2.62. The zero-order valence-electron chi connectivity index (χ0n) is 13.6. The number of nitrogens with one attached hydrogen (secondary N) is 3. The molecule has 8 nitrogen and oxygen atoms in total. The third-order valence-corrected chi connectivity index (χ3v) is 4.56. The Hall–Kier alpha value is -3.38. The van der Waals surface area contributed by atoms with Crippen LogP contribution in [0, 0.1) is 18.3 Å². The summed E-state index contributed by atoms with van der Waals surface area (Å²) in [6.45, 7) is 1.92. The number of pyridine rings is 1. The molecule has 0 unspecified atom stereocenters. The van der Waals surface area contributed by atoms with Gasteiger partial charge in [0.15, 0.2) is 0 Å². The van der Waals surface area contributed by atoms with E-state index in [1.807, 2.05) is 30.1 Å². The molecule has 26 heavy (non-hydrogen) atoms. The first-order valence-corrected chi connectivity index (χ1v) is 8.51. The van der Waals surface area contributed by atoms with E-state index in [9.17, 15) is 19.6 Å². The van der Waals surface area contributed by atoms with Crippen LogP contribution in [0.1, 0.15) is 11.1 Å². The molecule has 2 aromatic heterocycles. The van der Waals surface area contributed by atoms with Gasteiger partial charge < -0.3 is 10.3 Å². The average molecular weight is 367 g/mol. The first-order chi connectivity index (χ1) is 12.5. The quantitative estimate of drug-likeness (QED) is 0.599. The van der Waals surface area contributed by atoms with Gasteiger partial charge in [0.1, 0.15) is 16.8 Å². The van der Waals surface area contributed by atoms with Crippen LogP contribution in [-0.4, -0.2) is 26.6 Å². The van der Waals surface area contributed by atoms with Crippen LogP contribution in [0.2, 0.25) is 0 Å². The molecule has 0 saturated carbocycles. The molecule has 0 saturated heterocycles. The van der Waals surface area contributed by atoms with Gasteiger partial charge in [-0.1, -0.05) is 30.0 Å². The fourth-order valence-corrected chi connectivity index (χ4v) is 3.10. The van der Waals surface area contributed by atoms with Crippen molar-refractivity contribution in [3.8, 4) is 6.07 Å². The van der Waals surface area contributed by atoms with Crippen LogP contribution < -0.4 is 16.6 Å². The van der Waals surface area contributed by atoms with Crippen LogP contribution >= 0.6 is 11.8 Å². The summed E-state index contributed by atoms with van der Waals surface area (Å²) in [5, 5.41) is 13.0. The Labute approximate surface area is 151 Å². The number of nitrogens with zero attached hydrogens (tertiary/aromatic N) is 2. The van der Waals surface area contributed by atoms with Gasteiger partial charge in [-0.05, 0) is 18.6 Å². The van der Waals surface area contributed by atoms with E-state index in [0.717, 1.165) is 34.4 Å². The Morgan fingerprint density at radius 2 is 2.19 bits per heavy atom. The highest BCUT2D eigenvalue weighted by Crippen LogP contribution is 2.26. The molecular weight excluding hydrogens is 354 g/mol. The first kappa shape index (κ1) is 17.4. The van der Waals surface area contributed by atoms with Gasteiger partial charge >= 0.3 is 5.69 Å². The smallest absolute Gasteiger partial charge is 0.320 e. The molecule has 3 N–H and O–H groups in total. The Morgan fingerprint density at radius 3 is 2.92 bits per heavy atom. The Bertz CT molecular complexity index is 1160. The lowest BCUT2D eigenvalue weighted by Gasteiger charge is -2.07. The highest BCUT2D eigenvalue weighted by atomic mass is 32.2. The van der Waals surface area contributed by atoms with Crippen molar-refractivity contribution >= 4 is 34.3 Å². The predicted molar refractivity (Wildman–Crippen MR) is 98.2 cm³/mol. The number of aryl methyl sites for hydroxylation is 1. The maximum atomic E-state index is 12.1. The molecule has 0 spiro atoms. The monoisotopic (exact) mass is 367 g/mol. The molecule has 0 aliphatic carbocycles. The maximum Gasteiger partial charge on any atom is 0.325 e. The van der Waals surface area contributed by atoms with Crippen LogP contribution in [-0.2, 0) is 4.79 Å². The van der Waals surface area contributed by atoms with E-state index in [1.165, 1.54) is 0 Å². The van der Waals surface area contributed by atoms with Gasteiger partial charge in [-0.3, -0.25) is 14.6 Å². The SMILES string of the molecule is Cc1cccc2cc(C#N)c(SCC(=O)Nc3c[nH]c(=O)[nH]c3=O)nc12. The molecule has 130 valence electrons. The van der Waals surface area contributed by atoms with Crippen LogP contribution in [0.3, 0.4) is 0 Å². The molecule has 1 amide bonds. The molecule has 2 heterocycles. The van der Waals surface area contributed by atoms with Crippen molar-refractivity contribution in [3.05, 3.63) is 62.4 Å². The van der Waals surface area contributed by atoms with Gasteiger partial charge in [0.25, 0.3) is 5.56 Å². The Balaban J connectivity index is 1.79. The number of rotatable bonds is 4. The molecule has 0 bridgehead atoms. The number of aromatic nitrogens is 3. The van der Waals surface area contributed by atoms with E-state index in [1.54, 1.807) is 6.07 Å². The second kappa shape index (κ2) is 7.25. The summed E-state index contributed by atoms with van der Waals surface area (Å²) in [7, 11) is 0. The van der Waals surface area contributed by atoms with Crippen LogP contribution in [0.5, 0.6) is 0 Å². The number of anilines is 1. The number of amides is 1. The van der Waals surface area contributed by atoms with Crippen LogP contribution in [0.25, 0.3) is 10.9 Å². The number of H-pyrrole nitrogens is 2. The maximum absolute atomic E-state index is 12.1. The number of para-hydroxylation sites is 1. The third kappa shape index (κ3) is 3.65. The van der Waals surface area contributed by atoms with Crippen molar-refractivity contribution in [1.82, 2.24) is 15.0 Å². The summed E-state index contributed by atoms with van der Waals surface area (Å²) in [5.74, 6) is -0.499. The number of carbonyl (C=O) groups excluding carboxylic acids is 1. The summed E-state index contributed by atoms with van der Waals surface area (Å²) >= 11 is 1.10. The number of hydrogen-bond acceptors (Lipinski definition) is 6. The summed E-state index contributed by atoms with van der Waals surface area (Å²) in [5.41, 5.74) is 0.714. The molecular formula is C17H13N5O3S. The van der Waals surface area contributed by atoms with Gasteiger partial charge in [0, 0.05) is 11.6 Å². The lowest BCUT2D eigenvalue weighted by molar-refractivity contribution is -0.113.